The molecule has 2 aromatic carbocycles. The van der Waals surface area contributed by atoms with Gasteiger partial charge in [0.15, 0.2) is 0 Å². The number of hydrogen-bond donors (Lipinski definition) is 6. The number of ether oxygens (including phenoxy) is 1. The van der Waals surface area contributed by atoms with Crippen LogP contribution < -0.4 is 36.6 Å². The first-order chi connectivity index (χ1) is 30.1. The molecule has 15 heteroatoms. The number of fused-ring (bicyclic) bond motifs is 2. The van der Waals surface area contributed by atoms with Crippen LogP contribution in [0.3, 0.4) is 0 Å². The van der Waals surface area contributed by atoms with Crippen LogP contribution in [0.5, 0.6) is 11.5 Å². The molecule has 0 bridgehead atoms. The summed E-state index contributed by atoms with van der Waals surface area (Å²) in [5.41, 5.74) is 4.07. The molecular weight excluding hydrogens is 801 g/mol. The van der Waals surface area contributed by atoms with Gasteiger partial charge in [0, 0.05) is 24.2 Å². The highest BCUT2D eigenvalue weighted by molar-refractivity contribution is 5.95. The van der Waals surface area contributed by atoms with Crippen molar-refractivity contribution >= 4 is 35.4 Å². The van der Waals surface area contributed by atoms with Crippen molar-refractivity contribution in [2.24, 2.45) is 11.8 Å². The van der Waals surface area contributed by atoms with Crippen LogP contribution in [0.25, 0.3) is 0 Å². The van der Waals surface area contributed by atoms with Gasteiger partial charge in [-0.2, -0.15) is 0 Å². The second-order valence-electron chi connectivity index (χ2n) is 18.5. The van der Waals surface area contributed by atoms with Gasteiger partial charge in [-0.15, -0.1) is 0 Å². The molecule has 2 aliphatic carbocycles. The molecule has 2 heterocycles. The molecule has 2 aliphatic heterocycles. The Balaban J connectivity index is 1.14. The third-order valence-electron chi connectivity index (χ3n) is 13.6. The second kappa shape index (κ2) is 21.1. The van der Waals surface area contributed by atoms with Gasteiger partial charge in [0.05, 0.1) is 24.2 Å². The zero-order valence-corrected chi connectivity index (χ0v) is 38.5. The number of rotatable bonds is 16. The van der Waals surface area contributed by atoms with Crippen molar-refractivity contribution in [1.29, 1.82) is 0 Å². The average molecular weight is 871 g/mol. The smallest absolute Gasteiger partial charge is 0.246 e. The Morgan fingerprint density at radius 2 is 0.968 bits per heavy atom. The number of amides is 6. The van der Waals surface area contributed by atoms with E-state index in [0.717, 1.165) is 72.3 Å². The topological polar surface area (TPSA) is 190 Å². The lowest BCUT2D eigenvalue weighted by molar-refractivity contribution is -0.142. The Labute approximate surface area is 373 Å². The van der Waals surface area contributed by atoms with E-state index in [9.17, 15) is 28.8 Å². The maximum atomic E-state index is 14.0. The highest BCUT2D eigenvalue weighted by Gasteiger charge is 2.42. The molecule has 4 aliphatic rings. The molecule has 63 heavy (non-hydrogen) atoms. The van der Waals surface area contributed by atoms with Gasteiger partial charge in [-0.05, 0) is 127 Å². The standard InChI is InChI=1S/C48H70N8O7/c1-27(2)41(53-43(57)29(5)49-7)47(61)55-25-13-21-37(55)45(59)51-35-19-9-17-33-31(35)15-11-23-39(33)63-40-24-12-16-32-34(40)18-10-20-36(32)52-46(60)38-22-14-26-56(38)48(62)42(28(3)4)54-44(58)30(6)50-8/h11-12,15-16,23-24,27-30,35-38,41-42,49-50H,9-10,13-14,17-22,25-26H2,1-8H3,(H,51,59)(H,52,60)(H,53,57)(H,54,58)/t29-,30-,35+,36+,37-,38-,41-,42?/m0/s1. The zero-order chi connectivity index (χ0) is 45.5. The first-order valence-electron chi connectivity index (χ1n) is 23.2. The Hall–Kier alpha value is -5.02. The van der Waals surface area contributed by atoms with Crippen LogP contribution in [-0.2, 0) is 41.6 Å². The number of carbonyl (C=O) groups is 6. The van der Waals surface area contributed by atoms with E-state index in [2.05, 4.69) is 31.9 Å². The van der Waals surface area contributed by atoms with E-state index in [-0.39, 0.29) is 59.4 Å². The Bertz CT molecular complexity index is 1870. The Morgan fingerprint density at radius 1 is 0.571 bits per heavy atom. The summed E-state index contributed by atoms with van der Waals surface area (Å²) < 4.78 is 6.78. The van der Waals surface area contributed by atoms with E-state index >= 15 is 0 Å². The molecule has 2 aromatic rings. The van der Waals surface area contributed by atoms with Crippen LogP contribution in [0.15, 0.2) is 36.4 Å². The summed E-state index contributed by atoms with van der Waals surface area (Å²) in [5, 5.41) is 18.2. The molecule has 6 N–H and O–H groups in total. The van der Waals surface area contributed by atoms with Gasteiger partial charge in [-0.25, -0.2) is 0 Å². The fraction of sp³-hybridized carbons (Fsp3) is 0.625. The number of nitrogens with zero attached hydrogens (tertiary/aromatic N) is 2. The molecule has 0 spiro atoms. The van der Waals surface area contributed by atoms with Crippen molar-refractivity contribution in [2.75, 3.05) is 27.2 Å². The number of likely N-dealkylation sites (tertiary alicyclic amines) is 2. The van der Waals surface area contributed by atoms with Crippen LogP contribution in [0.4, 0.5) is 0 Å². The summed E-state index contributed by atoms with van der Waals surface area (Å²) in [5.74, 6) is -0.231. The number of likely N-dealkylation sites (N-methyl/N-ethyl adjacent to an activating group) is 2. The van der Waals surface area contributed by atoms with Crippen LogP contribution >= 0.6 is 0 Å². The average Bonchev–Trinajstić information content (AvgIpc) is 3.98. The second-order valence-corrected chi connectivity index (χ2v) is 18.5. The summed E-state index contributed by atoms with van der Waals surface area (Å²) in [4.78, 5) is 84.6. The molecule has 15 nitrogen and oxygen atoms in total. The van der Waals surface area contributed by atoms with E-state index in [0.29, 0.717) is 38.8 Å². The van der Waals surface area contributed by atoms with Crippen LogP contribution in [0.2, 0.25) is 0 Å². The third kappa shape index (κ3) is 10.7. The van der Waals surface area contributed by atoms with Gasteiger partial charge in [-0.1, -0.05) is 52.0 Å². The number of carbonyl (C=O) groups excluding carboxylic acids is 6. The van der Waals surface area contributed by atoms with Gasteiger partial charge in [0.25, 0.3) is 0 Å². The first kappa shape index (κ1) is 47.5. The zero-order valence-electron chi connectivity index (χ0n) is 38.5. The lowest BCUT2D eigenvalue weighted by Gasteiger charge is -2.33. The molecule has 2 fully saturated rings. The van der Waals surface area contributed by atoms with Gasteiger partial charge < -0.3 is 46.4 Å². The van der Waals surface area contributed by atoms with Crippen LogP contribution in [-0.4, -0.2) is 109 Å². The molecule has 1 unspecified atom stereocenters. The molecule has 6 rings (SSSR count). The van der Waals surface area contributed by atoms with Crippen molar-refractivity contribution in [3.8, 4) is 11.5 Å². The third-order valence-corrected chi connectivity index (χ3v) is 13.6. The summed E-state index contributed by atoms with van der Waals surface area (Å²) in [6.45, 7) is 12.0. The van der Waals surface area contributed by atoms with Gasteiger partial charge in [0.1, 0.15) is 35.7 Å². The van der Waals surface area contributed by atoms with E-state index < -0.39 is 36.3 Å². The normalized spacial score (nSPS) is 22.6. The summed E-state index contributed by atoms with van der Waals surface area (Å²) in [6.07, 6.45) is 7.28. The summed E-state index contributed by atoms with van der Waals surface area (Å²) >= 11 is 0. The summed E-state index contributed by atoms with van der Waals surface area (Å²) in [6, 6.07) is 7.78. The lowest BCUT2D eigenvalue weighted by Crippen LogP contribution is -2.57. The fourth-order valence-corrected chi connectivity index (χ4v) is 9.58. The minimum atomic E-state index is -0.739. The van der Waals surface area contributed by atoms with Gasteiger partial charge >= 0.3 is 0 Å². The highest BCUT2D eigenvalue weighted by Crippen LogP contribution is 2.41. The molecule has 8 atom stereocenters. The first-order valence-corrected chi connectivity index (χ1v) is 23.2. The van der Waals surface area contributed by atoms with Crippen molar-refractivity contribution in [1.82, 2.24) is 41.7 Å². The maximum absolute atomic E-state index is 14.0. The Morgan fingerprint density at radius 3 is 1.33 bits per heavy atom. The predicted molar refractivity (Wildman–Crippen MR) is 241 cm³/mol. The monoisotopic (exact) mass is 871 g/mol. The van der Waals surface area contributed by atoms with Crippen molar-refractivity contribution in [2.45, 2.75) is 154 Å². The van der Waals surface area contributed by atoms with E-state index in [1.807, 2.05) is 64.1 Å². The van der Waals surface area contributed by atoms with Crippen molar-refractivity contribution in [3.05, 3.63) is 58.7 Å². The largest absolute Gasteiger partial charge is 0.457 e. The quantitative estimate of drug-likeness (QED) is 0.145. The van der Waals surface area contributed by atoms with Gasteiger partial charge in [0.2, 0.25) is 35.4 Å². The van der Waals surface area contributed by atoms with Crippen LogP contribution in [0, 0.1) is 11.8 Å². The minimum Gasteiger partial charge on any atom is -0.457 e. The Kier molecular flexibility index (Phi) is 15.9. The molecule has 6 amide bonds. The van der Waals surface area contributed by atoms with E-state index in [1.165, 1.54) is 0 Å². The van der Waals surface area contributed by atoms with Crippen molar-refractivity contribution < 1.29 is 33.5 Å². The molecule has 2 saturated heterocycles. The minimum absolute atomic E-state index is 0.156. The van der Waals surface area contributed by atoms with E-state index in [4.69, 9.17) is 4.74 Å². The van der Waals surface area contributed by atoms with Gasteiger partial charge in [-0.3, -0.25) is 28.8 Å². The molecule has 0 radical (unpaired) electrons. The lowest BCUT2D eigenvalue weighted by atomic mass is 9.86. The van der Waals surface area contributed by atoms with Crippen molar-refractivity contribution in [3.63, 3.8) is 0 Å². The number of benzene rings is 2. The maximum Gasteiger partial charge on any atom is 0.246 e. The van der Waals surface area contributed by atoms with E-state index in [1.54, 1.807) is 37.7 Å². The molecule has 344 valence electrons. The molecular formula is C48H70N8O7. The van der Waals surface area contributed by atoms with Crippen LogP contribution in [0.1, 0.15) is 127 Å². The fourth-order valence-electron chi connectivity index (χ4n) is 9.58. The molecule has 0 aromatic heterocycles. The number of nitrogens with one attached hydrogen (secondary N) is 6. The predicted octanol–water partition coefficient (Wildman–Crippen LogP) is 3.95. The summed E-state index contributed by atoms with van der Waals surface area (Å²) in [7, 11) is 3.39. The highest BCUT2D eigenvalue weighted by atomic mass is 16.5. The molecule has 0 saturated carbocycles. The SMILES string of the molecule is CN[C@@H](C)C(=O)NC(C(=O)N1CCC[C@H]1C(=O)N[C@@H]1CCCc2c(Oc3cccc4c3CCC[C@H]4NC(=O)[C@@H]3CCCN3C(=O)[C@@H](NC(=O)[C@H](C)NC)C(C)C)cccc21)C(C)C. The number of hydrogen-bond acceptors (Lipinski definition) is 9.